The minimum absolute atomic E-state index is 0.0811. The van der Waals surface area contributed by atoms with Crippen molar-refractivity contribution in [2.45, 2.75) is 31.9 Å². The van der Waals surface area contributed by atoms with Crippen molar-refractivity contribution in [3.8, 4) is 5.75 Å². The summed E-state index contributed by atoms with van der Waals surface area (Å²) in [6.45, 7) is 0.302. The molecule has 0 atom stereocenters. The molecule has 8 heteroatoms. The molecular formula is C12H13F6NO. The number of rotatable bonds is 6. The Bertz CT molecular complexity index is 415. The molecule has 1 aromatic rings. The van der Waals surface area contributed by atoms with Crippen LogP contribution in [-0.4, -0.2) is 19.1 Å². The molecule has 0 unspecified atom stereocenters. The van der Waals surface area contributed by atoms with Crippen molar-refractivity contribution >= 4 is 0 Å². The molecular weight excluding hydrogens is 288 g/mol. The van der Waals surface area contributed by atoms with Crippen molar-refractivity contribution in [1.29, 1.82) is 0 Å². The van der Waals surface area contributed by atoms with Gasteiger partial charge in [-0.2, -0.15) is 13.2 Å². The first kappa shape index (κ1) is 16.6. The second kappa shape index (κ2) is 6.83. The lowest BCUT2D eigenvalue weighted by Crippen LogP contribution is -2.19. The summed E-state index contributed by atoms with van der Waals surface area (Å²) in [6.07, 6.45) is -9.93. The number of nitrogens with one attached hydrogen (secondary N) is 1. The Balaban J connectivity index is 2.36. The highest BCUT2D eigenvalue weighted by molar-refractivity contribution is 5.28. The van der Waals surface area contributed by atoms with E-state index in [1.165, 1.54) is 12.1 Å². The Labute approximate surface area is 111 Å². The van der Waals surface area contributed by atoms with Crippen LogP contribution >= 0.6 is 0 Å². The smallest absolute Gasteiger partial charge is 0.406 e. The average Bonchev–Trinajstić information content (AvgIpc) is 2.25. The normalized spacial score (nSPS) is 12.5. The monoisotopic (exact) mass is 301 g/mol. The van der Waals surface area contributed by atoms with Gasteiger partial charge in [-0.1, -0.05) is 12.1 Å². The maximum atomic E-state index is 12.0. The van der Waals surface area contributed by atoms with Gasteiger partial charge >= 0.3 is 12.5 Å². The van der Waals surface area contributed by atoms with Crippen LogP contribution in [0.3, 0.4) is 0 Å². The highest BCUT2D eigenvalue weighted by Gasteiger charge is 2.31. The first-order valence-electron chi connectivity index (χ1n) is 5.78. The Kier molecular flexibility index (Phi) is 5.67. The third-order valence-corrected chi connectivity index (χ3v) is 2.27. The van der Waals surface area contributed by atoms with E-state index in [4.69, 9.17) is 0 Å². The summed E-state index contributed by atoms with van der Waals surface area (Å²) in [5.74, 6) is -0.355. The zero-order valence-electron chi connectivity index (χ0n) is 10.3. The van der Waals surface area contributed by atoms with E-state index >= 15 is 0 Å². The van der Waals surface area contributed by atoms with Crippen molar-refractivity contribution in [2.75, 3.05) is 6.54 Å². The van der Waals surface area contributed by atoms with Gasteiger partial charge in [0.1, 0.15) is 5.75 Å². The first-order chi connectivity index (χ1) is 9.16. The number of ether oxygens (including phenoxy) is 1. The van der Waals surface area contributed by atoms with E-state index in [0.717, 1.165) is 6.07 Å². The van der Waals surface area contributed by atoms with E-state index in [2.05, 4.69) is 10.1 Å². The molecule has 0 aliphatic heterocycles. The molecule has 0 spiro atoms. The Morgan fingerprint density at radius 1 is 1.05 bits per heavy atom. The van der Waals surface area contributed by atoms with Gasteiger partial charge < -0.3 is 10.1 Å². The lowest BCUT2D eigenvalue weighted by atomic mass is 10.2. The zero-order chi connectivity index (χ0) is 15.2. The van der Waals surface area contributed by atoms with Crippen molar-refractivity contribution in [1.82, 2.24) is 5.32 Å². The predicted molar refractivity (Wildman–Crippen MR) is 60.1 cm³/mol. The van der Waals surface area contributed by atoms with Crippen LogP contribution in [0.15, 0.2) is 24.3 Å². The van der Waals surface area contributed by atoms with Gasteiger partial charge in [0.15, 0.2) is 0 Å². The number of alkyl halides is 6. The highest BCUT2D eigenvalue weighted by Crippen LogP contribution is 2.23. The van der Waals surface area contributed by atoms with Gasteiger partial charge in [0.25, 0.3) is 0 Å². The van der Waals surface area contributed by atoms with Gasteiger partial charge in [-0.05, 0) is 30.7 Å². The molecule has 0 amide bonds. The molecule has 1 rings (SSSR count). The maximum Gasteiger partial charge on any atom is 0.573 e. The number of hydrogen-bond donors (Lipinski definition) is 1. The molecule has 1 aromatic carbocycles. The van der Waals surface area contributed by atoms with Crippen molar-refractivity contribution in [2.24, 2.45) is 0 Å². The van der Waals surface area contributed by atoms with Gasteiger partial charge in [-0.25, -0.2) is 0 Å². The molecule has 0 aliphatic carbocycles. The fourth-order valence-electron chi connectivity index (χ4n) is 1.50. The van der Waals surface area contributed by atoms with Crippen molar-refractivity contribution in [3.05, 3.63) is 29.8 Å². The van der Waals surface area contributed by atoms with Crippen LogP contribution in [0.5, 0.6) is 5.75 Å². The molecule has 0 fully saturated rings. The SMILES string of the molecule is FC(F)(F)CCCNCc1cccc(OC(F)(F)F)c1. The van der Waals surface area contributed by atoms with E-state index in [1.807, 2.05) is 0 Å². The van der Waals surface area contributed by atoms with Gasteiger partial charge in [0.05, 0.1) is 0 Å². The largest absolute Gasteiger partial charge is 0.573 e. The van der Waals surface area contributed by atoms with Crippen LogP contribution < -0.4 is 10.1 Å². The minimum atomic E-state index is -4.77. The Morgan fingerprint density at radius 2 is 1.75 bits per heavy atom. The van der Waals surface area contributed by atoms with Gasteiger partial charge in [0.2, 0.25) is 0 Å². The number of hydrogen-bond acceptors (Lipinski definition) is 2. The molecule has 0 bridgehead atoms. The molecule has 2 nitrogen and oxygen atoms in total. The third-order valence-electron chi connectivity index (χ3n) is 2.27. The standard InChI is InChI=1S/C12H13F6NO/c13-11(14,15)5-2-6-19-8-9-3-1-4-10(7-9)20-12(16,17)18/h1,3-4,7,19H,2,5-6,8H2. The van der Waals surface area contributed by atoms with Crippen LogP contribution in [0.1, 0.15) is 18.4 Å². The molecule has 0 heterocycles. The summed E-state index contributed by atoms with van der Waals surface area (Å²) in [6, 6.07) is 5.28. The summed E-state index contributed by atoms with van der Waals surface area (Å²) in [5.41, 5.74) is 0.499. The minimum Gasteiger partial charge on any atom is -0.406 e. The van der Waals surface area contributed by atoms with Crippen molar-refractivity contribution in [3.63, 3.8) is 0 Å². The average molecular weight is 301 g/mol. The third kappa shape index (κ3) is 7.88. The summed E-state index contributed by atoms with van der Waals surface area (Å²) >= 11 is 0. The fourth-order valence-corrected chi connectivity index (χ4v) is 1.50. The summed E-state index contributed by atoms with van der Waals surface area (Å²) in [5, 5.41) is 2.73. The van der Waals surface area contributed by atoms with Crippen LogP contribution in [-0.2, 0) is 6.54 Å². The van der Waals surface area contributed by atoms with Crippen LogP contribution in [0, 0.1) is 0 Å². The van der Waals surface area contributed by atoms with E-state index < -0.39 is 19.0 Å². The molecule has 0 saturated heterocycles. The van der Waals surface area contributed by atoms with Gasteiger partial charge in [-0.15, -0.1) is 13.2 Å². The number of benzene rings is 1. The highest BCUT2D eigenvalue weighted by atomic mass is 19.4. The topological polar surface area (TPSA) is 21.3 Å². The van der Waals surface area contributed by atoms with Gasteiger partial charge in [-0.3, -0.25) is 0 Å². The van der Waals surface area contributed by atoms with Crippen LogP contribution in [0.25, 0.3) is 0 Å². The van der Waals surface area contributed by atoms with Crippen LogP contribution in [0.2, 0.25) is 0 Å². The Hall–Kier alpha value is -1.44. The van der Waals surface area contributed by atoms with Gasteiger partial charge in [0, 0.05) is 13.0 Å². The van der Waals surface area contributed by atoms with E-state index in [-0.39, 0.29) is 25.3 Å². The number of halogens is 6. The lowest BCUT2D eigenvalue weighted by Gasteiger charge is -2.11. The molecule has 0 aliphatic rings. The van der Waals surface area contributed by atoms with E-state index in [1.54, 1.807) is 6.07 Å². The van der Waals surface area contributed by atoms with E-state index in [0.29, 0.717) is 5.56 Å². The molecule has 114 valence electrons. The molecule has 0 saturated carbocycles. The molecule has 20 heavy (non-hydrogen) atoms. The maximum absolute atomic E-state index is 12.0. The lowest BCUT2D eigenvalue weighted by molar-refractivity contribution is -0.274. The summed E-state index contributed by atoms with van der Waals surface area (Å²) < 4.78 is 75.3. The first-order valence-corrected chi connectivity index (χ1v) is 5.78. The van der Waals surface area contributed by atoms with Crippen LogP contribution in [0.4, 0.5) is 26.3 Å². The Morgan fingerprint density at radius 3 is 2.35 bits per heavy atom. The summed E-state index contributed by atoms with van der Waals surface area (Å²) in [4.78, 5) is 0. The van der Waals surface area contributed by atoms with E-state index in [9.17, 15) is 26.3 Å². The fraction of sp³-hybridized carbons (Fsp3) is 0.500. The second-order valence-corrected chi connectivity index (χ2v) is 4.09. The molecule has 0 radical (unpaired) electrons. The second-order valence-electron chi connectivity index (χ2n) is 4.09. The zero-order valence-corrected chi connectivity index (χ0v) is 10.3. The molecule has 1 N–H and O–H groups in total. The van der Waals surface area contributed by atoms with Crippen molar-refractivity contribution < 1.29 is 31.1 Å². The summed E-state index contributed by atoms with van der Waals surface area (Å²) in [7, 11) is 0. The predicted octanol–water partition coefficient (Wildman–Crippen LogP) is 4.02. The quantitative estimate of drug-likeness (QED) is 0.633. The molecule has 0 aromatic heterocycles.